The van der Waals surface area contributed by atoms with Crippen LogP contribution >= 0.6 is 0 Å². The van der Waals surface area contributed by atoms with Gasteiger partial charge in [-0.3, -0.25) is 9.78 Å². The number of hydrogen-bond donors (Lipinski definition) is 2. The van der Waals surface area contributed by atoms with Crippen LogP contribution in [0.5, 0.6) is 0 Å². The number of nitrogens with two attached hydrogens (primary N) is 1. The molecule has 2 aromatic rings. The number of nitrogens with zero attached hydrogens (tertiary/aromatic N) is 1. The normalized spacial score (nSPS) is 10.2. The Morgan fingerprint density at radius 2 is 2.00 bits per heavy atom. The minimum absolute atomic E-state index is 0.00646. The van der Waals surface area contributed by atoms with E-state index in [-0.39, 0.29) is 5.91 Å². The maximum atomic E-state index is 11.8. The van der Waals surface area contributed by atoms with E-state index in [1.165, 1.54) is 0 Å². The fraction of sp³-hybridized carbons (Fsp3) is 0.200. The van der Waals surface area contributed by atoms with Crippen LogP contribution in [0.25, 0.3) is 0 Å². The molecule has 0 aliphatic carbocycles. The number of aromatic nitrogens is 1. The van der Waals surface area contributed by atoms with Crippen molar-refractivity contribution in [1.82, 2.24) is 10.3 Å². The minimum Gasteiger partial charge on any atom is -0.399 e. The minimum atomic E-state index is -0.00646. The fourth-order valence-corrected chi connectivity index (χ4v) is 1.76. The number of rotatable bonds is 4. The van der Waals surface area contributed by atoms with Gasteiger partial charge in [0, 0.05) is 24.6 Å². The number of nitrogens with one attached hydrogen (secondary N) is 1. The summed E-state index contributed by atoms with van der Waals surface area (Å²) in [6.45, 7) is 2.51. The monoisotopic (exact) mass is 255 g/mol. The van der Waals surface area contributed by atoms with E-state index in [1.807, 2.05) is 25.1 Å². The Kier molecular flexibility index (Phi) is 4.13. The Balaban J connectivity index is 1.88. The lowest BCUT2D eigenvalue weighted by atomic mass is 10.1. The highest BCUT2D eigenvalue weighted by Crippen LogP contribution is 2.07. The van der Waals surface area contributed by atoms with Crippen LogP contribution in [0.2, 0.25) is 0 Å². The van der Waals surface area contributed by atoms with Crippen molar-refractivity contribution in [3.05, 3.63) is 59.4 Å². The quantitative estimate of drug-likeness (QED) is 0.819. The van der Waals surface area contributed by atoms with Crippen LogP contribution in [0.15, 0.2) is 42.7 Å². The van der Waals surface area contributed by atoms with Crippen LogP contribution in [0.3, 0.4) is 0 Å². The molecule has 0 atom stereocenters. The van der Waals surface area contributed by atoms with E-state index < -0.39 is 0 Å². The lowest BCUT2D eigenvalue weighted by molar-refractivity contribution is -0.120. The number of pyridine rings is 1. The molecule has 1 heterocycles. The van der Waals surface area contributed by atoms with Gasteiger partial charge in [0.1, 0.15) is 0 Å². The molecule has 0 saturated heterocycles. The van der Waals surface area contributed by atoms with Crippen molar-refractivity contribution in [3.63, 3.8) is 0 Å². The Hall–Kier alpha value is -2.36. The second kappa shape index (κ2) is 6.00. The number of anilines is 1. The molecule has 0 aliphatic heterocycles. The summed E-state index contributed by atoms with van der Waals surface area (Å²) >= 11 is 0. The second-order valence-electron chi connectivity index (χ2n) is 4.50. The first-order chi connectivity index (χ1) is 9.15. The zero-order valence-electron chi connectivity index (χ0n) is 10.9. The number of hydrogen-bond acceptors (Lipinski definition) is 3. The molecular formula is C15H17N3O. The number of carbonyl (C=O) groups excluding carboxylic acids is 1. The fourth-order valence-electron chi connectivity index (χ4n) is 1.76. The van der Waals surface area contributed by atoms with Gasteiger partial charge in [-0.2, -0.15) is 0 Å². The van der Waals surface area contributed by atoms with Crippen molar-refractivity contribution < 1.29 is 4.79 Å². The van der Waals surface area contributed by atoms with Gasteiger partial charge in [-0.15, -0.1) is 0 Å². The summed E-state index contributed by atoms with van der Waals surface area (Å²) in [6, 6.07) is 9.26. The van der Waals surface area contributed by atoms with Gasteiger partial charge in [0.2, 0.25) is 5.91 Å². The third-order valence-corrected chi connectivity index (χ3v) is 2.97. The number of carbonyl (C=O) groups is 1. The van der Waals surface area contributed by atoms with Gasteiger partial charge in [0.25, 0.3) is 0 Å². The topological polar surface area (TPSA) is 68.0 Å². The molecule has 0 bridgehead atoms. The molecule has 0 saturated carbocycles. The zero-order chi connectivity index (χ0) is 13.7. The number of nitrogen functional groups attached to an aromatic ring is 1. The molecule has 0 fully saturated rings. The first-order valence-electron chi connectivity index (χ1n) is 6.16. The van der Waals surface area contributed by atoms with Gasteiger partial charge in [0.15, 0.2) is 0 Å². The SMILES string of the molecule is Cc1ccncc1CNC(=O)Cc1ccc(N)cc1. The number of amides is 1. The van der Waals surface area contributed by atoms with E-state index in [9.17, 15) is 4.79 Å². The molecule has 1 amide bonds. The van der Waals surface area contributed by atoms with Crippen molar-refractivity contribution in [2.75, 3.05) is 5.73 Å². The molecule has 0 radical (unpaired) electrons. The first kappa shape index (κ1) is 13.1. The summed E-state index contributed by atoms with van der Waals surface area (Å²) in [5.74, 6) is -0.00646. The van der Waals surface area contributed by atoms with E-state index in [2.05, 4.69) is 10.3 Å². The molecule has 4 heteroatoms. The van der Waals surface area contributed by atoms with Gasteiger partial charge in [-0.1, -0.05) is 12.1 Å². The highest BCUT2D eigenvalue weighted by Gasteiger charge is 2.04. The lowest BCUT2D eigenvalue weighted by Gasteiger charge is -2.07. The van der Waals surface area contributed by atoms with E-state index in [0.717, 1.165) is 16.7 Å². The number of aryl methyl sites for hydroxylation is 1. The predicted octanol–water partition coefficient (Wildman–Crippen LogP) is 1.83. The van der Waals surface area contributed by atoms with E-state index in [1.54, 1.807) is 24.5 Å². The van der Waals surface area contributed by atoms with Crippen molar-refractivity contribution in [2.45, 2.75) is 19.9 Å². The summed E-state index contributed by atoms with van der Waals surface area (Å²) in [5, 5.41) is 2.89. The first-order valence-corrected chi connectivity index (χ1v) is 6.16. The van der Waals surface area contributed by atoms with Crippen molar-refractivity contribution in [3.8, 4) is 0 Å². The molecule has 4 nitrogen and oxygen atoms in total. The molecule has 3 N–H and O–H groups in total. The molecule has 0 aliphatic rings. The number of benzene rings is 1. The van der Waals surface area contributed by atoms with Gasteiger partial charge in [-0.25, -0.2) is 0 Å². The molecular weight excluding hydrogens is 238 g/mol. The Bertz CT molecular complexity index is 564. The zero-order valence-corrected chi connectivity index (χ0v) is 10.9. The molecule has 0 spiro atoms. The summed E-state index contributed by atoms with van der Waals surface area (Å²) in [4.78, 5) is 15.9. The van der Waals surface area contributed by atoms with E-state index in [4.69, 9.17) is 5.73 Å². The average Bonchev–Trinajstić information content (AvgIpc) is 2.40. The highest BCUT2D eigenvalue weighted by atomic mass is 16.1. The van der Waals surface area contributed by atoms with Gasteiger partial charge in [0.05, 0.1) is 6.42 Å². The smallest absolute Gasteiger partial charge is 0.224 e. The third-order valence-electron chi connectivity index (χ3n) is 2.97. The van der Waals surface area contributed by atoms with Gasteiger partial charge >= 0.3 is 0 Å². The maximum Gasteiger partial charge on any atom is 0.224 e. The Morgan fingerprint density at radius 1 is 1.26 bits per heavy atom. The van der Waals surface area contributed by atoms with Gasteiger partial charge < -0.3 is 11.1 Å². The molecule has 0 unspecified atom stereocenters. The Labute approximate surface area is 112 Å². The molecule has 19 heavy (non-hydrogen) atoms. The van der Waals surface area contributed by atoms with Crippen LogP contribution in [0, 0.1) is 6.92 Å². The van der Waals surface area contributed by atoms with Gasteiger partial charge in [-0.05, 0) is 41.8 Å². The van der Waals surface area contributed by atoms with Crippen molar-refractivity contribution in [1.29, 1.82) is 0 Å². The van der Waals surface area contributed by atoms with Crippen LogP contribution in [-0.4, -0.2) is 10.9 Å². The summed E-state index contributed by atoms with van der Waals surface area (Å²) in [7, 11) is 0. The maximum absolute atomic E-state index is 11.8. The van der Waals surface area contributed by atoms with Crippen LogP contribution in [-0.2, 0) is 17.8 Å². The molecule has 1 aromatic carbocycles. The van der Waals surface area contributed by atoms with Crippen molar-refractivity contribution >= 4 is 11.6 Å². The average molecular weight is 255 g/mol. The van der Waals surface area contributed by atoms with Crippen molar-refractivity contribution in [2.24, 2.45) is 0 Å². The van der Waals surface area contributed by atoms with E-state index >= 15 is 0 Å². The third kappa shape index (κ3) is 3.81. The highest BCUT2D eigenvalue weighted by molar-refractivity contribution is 5.78. The standard InChI is InChI=1S/C15H17N3O/c1-11-6-7-17-9-13(11)10-18-15(19)8-12-2-4-14(16)5-3-12/h2-7,9H,8,10,16H2,1H3,(H,18,19). The van der Waals surface area contributed by atoms with Crippen LogP contribution < -0.4 is 11.1 Å². The summed E-state index contributed by atoms with van der Waals surface area (Å²) in [5.41, 5.74) is 9.42. The summed E-state index contributed by atoms with van der Waals surface area (Å²) < 4.78 is 0. The molecule has 2 rings (SSSR count). The molecule has 1 aromatic heterocycles. The lowest BCUT2D eigenvalue weighted by Crippen LogP contribution is -2.25. The van der Waals surface area contributed by atoms with Crippen LogP contribution in [0.4, 0.5) is 5.69 Å². The largest absolute Gasteiger partial charge is 0.399 e. The molecule has 98 valence electrons. The summed E-state index contributed by atoms with van der Waals surface area (Å²) in [6.07, 6.45) is 3.88. The second-order valence-corrected chi connectivity index (χ2v) is 4.50. The van der Waals surface area contributed by atoms with E-state index in [0.29, 0.717) is 18.7 Å². The van der Waals surface area contributed by atoms with Crippen LogP contribution in [0.1, 0.15) is 16.7 Å². The Morgan fingerprint density at radius 3 is 2.68 bits per heavy atom. The predicted molar refractivity (Wildman–Crippen MR) is 75.4 cm³/mol.